The van der Waals surface area contributed by atoms with Gasteiger partial charge in [-0.25, -0.2) is 4.79 Å². The maximum atomic E-state index is 11.0. The Labute approximate surface area is 69.8 Å². The van der Waals surface area contributed by atoms with Crippen LogP contribution in [0.2, 0.25) is 0 Å². The standard InChI is InChI=1S/C8H9ClO2/c1-5-3-6(2)11-8(10)7(5)4-9/h3H,4H2,1-2H3. The van der Waals surface area contributed by atoms with E-state index in [0.29, 0.717) is 11.3 Å². The molecule has 0 aliphatic heterocycles. The molecule has 0 aliphatic rings. The Morgan fingerprint density at radius 3 is 2.64 bits per heavy atom. The minimum Gasteiger partial charge on any atom is -0.428 e. The Balaban J connectivity index is 3.37. The third-order valence-electron chi connectivity index (χ3n) is 1.53. The predicted octanol–water partition coefficient (Wildman–Crippen LogP) is 2.00. The highest BCUT2D eigenvalue weighted by Crippen LogP contribution is 2.07. The lowest BCUT2D eigenvalue weighted by Crippen LogP contribution is -2.08. The lowest BCUT2D eigenvalue weighted by molar-refractivity contribution is 0.473. The molecule has 1 rings (SSSR count). The summed E-state index contributed by atoms with van der Waals surface area (Å²) in [6.07, 6.45) is 0. The van der Waals surface area contributed by atoms with E-state index in [-0.39, 0.29) is 11.5 Å². The molecule has 0 radical (unpaired) electrons. The molecule has 0 fully saturated rings. The molecule has 1 heterocycles. The Hall–Kier alpha value is -0.760. The molecule has 0 N–H and O–H groups in total. The molecule has 0 atom stereocenters. The van der Waals surface area contributed by atoms with Gasteiger partial charge in [-0.3, -0.25) is 0 Å². The van der Waals surface area contributed by atoms with Crippen LogP contribution in [-0.4, -0.2) is 0 Å². The third-order valence-corrected chi connectivity index (χ3v) is 1.80. The summed E-state index contributed by atoms with van der Waals surface area (Å²) in [4.78, 5) is 11.0. The van der Waals surface area contributed by atoms with Gasteiger partial charge in [0.05, 0.1) is 11.4 Å². The van der Waals surface area contributed by atoms with Crippen molar-refractivity contribution in [2.45, 2.75) is 19.7 Å². The van der Waals surface area contributed by atoms with Crippen molar-refractivity contribution >= 4 is 11.6 Å². The van der Waals surface area contributed by atoms with E-state index < -0.39 is 0 Å². The molecule has 0 spiro atoms. The van der Waals surface area contributed by atoms with Gasteiger partial charge in [0, 0.05) is 0 Å². The fourth-order valence-corrected chi connectivity index (χ4v) is 1.27. The highest BCUT2D eigenvalue weighted by molar-refractivity contribution is 6.17. The van der Waals surface area contributed by atoms with Gasteiger partial charge in [-0.15, -0.1) is 11.6 Å². The molecule has 1 aromatic rings. The van der Waals surface area contributed by atoms with Crippen LogP contribution >= 0.6 is 11.6 Å². The molecule has 0 aromatic carbocycles. The minimum atomic E-state index is -0.322. The quantitative estimate of drug-likeness (QED) is 0.607. The van der Waals surface area contributed by atoms with Crippen LogP contribution in [-0.2, 0) is 5.88 Å². The topological polar surface area (TPSA) is 30.2 Å². The van der Waals surface area contributed by atoms with Crippen molar-refractivity contribution in [2.75, 3.05) is 0 Å². The third kappa shape index (κ3) is 1.63. The Bertz CT molecular complexity index is 314. The average molecular weight is 173 g/mol. The molecule has 2 nitrogen and oxygen atoms in total. The first-order chi connectivity index (χ1) is 5.15. The fraction of sp³-hybridized carbons (Fsp3) is 0.375. The van der Waals surface area contributed by atoms with Crippen molar-refractivity contribution in [1.82, 2.24) is 0 Å². The van der Waals surface area contributed by atoms with E-state index in [1.165, 1.54) is 0 Å². The van der Waals surface area contributed by atoms with Gasteiger partial charge in [-0.1, -0.05) is 0 Å². The minimum absolute atomic E-state index is 0.217. The van der Waals surface area contributed by atoms with Crippen LogP contribution in [0.25, 0.3) is 0 Å². The molecule has 60 valence electrons. The molecular formula is C8H9ClO2. The van der Waals surface area contributed by atoms with Gasteiger partial charge in [0.15, 0.2) is 0 Å². The first kappa shape index (κ1) is 8.34. The summed E-state index contributed by atoms with van der Waals surface area (Å²) < 4.78 is 4.84. The van der Waals surface area contributed by atoms with Crippen molar-refractivity contribution in [2.24, 2.45) is 0 Å². The van der Waals surface area contributed by atoms with Crippen LogP contribution in [0.1, 0.15) is 16.9 Å². The van der Waals surface area contributed by atoms with E-state index in [2.05, 4.69) is 0 Å². The lowest BCUT2D eigenvalue weighted by Gasteiger charge is -1.99. The van der Waals surface area contributed by atoms with E-state index in [0.717, 1.165) is 5.56 Å². The highest BCUT2D eigenvalue weighted by atomic mass is 35.5. The van der Waals surface area contributed by atoms with Gasteiger partial charge in [0.2, 0.25) is 0 Å². The Morgan fingerprint density at radius 1 is 1.55 bits per heavy atom. The second-order valence-corrected chi connectivity index (χ2v) is 2.71. The van der Waals surface area contributed by atoms with Crippen molar-refractivity contribution in [1.29, 1.82) is 0 Å². The summed E-state index contributed by atoms with van der Waals surface area (Å²) in [5.41, 5.74) is 1.13. The predicted molar refractivity (Wildman–Crippen MR) is 44.0 cm³/mol. The van der Waals surface area contributed by atoms with Crippen molar-refractivity contribution in [3.8, 4) is 0 Å². The van der Waals surface area contributed by atoms with Crippen LogP contribution < -0.4 is 5.63 Å². The number of aryl methyl sites for hydroxylation is 2. The monoisotopic (exact) mass is 172 g/mol. The van der Waals surface area contributed by atoms with E-state index in [4.69, 9.17) is 16.0 Å². The molecule has 0 bridgehead atoms. The number of hydrogen-bond acceptors (Lipinski definition) is 2. The molecule has 0 aliphatic carbocycles. The first-order valence-corrected chi connectivity index (χ1v) is 3.85. The maximum absolute atomic E-state index is 11.0. The summed E-state index contributed by atoms with van der Waals surface area (Å²) in [6, 6.07) is 1.80. The Kier molecular flexibility index (Phi) is 2.35. The zero-order valence-corrected chi connectivity index (χ0v) is 7.23. The number of alkyl halides is 1. The van der Waals surface area contributed by atoms with Crippen molar-refractivity contribution in [3.63, 3.8) is 0 Å². The normalized spacial score (nSPS) is 10.1. The molecule has 0 unspecified atom stereocenters. The Morgan fingerprint density at radius 2 is 2.18 bits per heavy atom. The maximum Gasteiger partial charge on any atom is 0.340 e. The molecule has 0 saturated heterocycles. The van der Waals surface area contributed by atoms with E-state index in [1.807, 2.05) is 6.92 Å². The molecule has 0 saturated carbocycles. The second-order valence-electron chi connectivity index (χ2n) is 2.44. The first-order valence-electron chi connectivity index (χ1n) is 3.31. The van der Waals surface area contributed by atoms with Gasteiger partial charge in [-0.2, -0.15) is 0 Å². The van der Waals surface area contributed by atoms with Gasteiger partial charge >= 0.3 is 5.63 Å². The lowest BCUT2D eigenvalue weighted by atomic mass is 10.2. The van der Waals surface area contributed by atoms with Gasteiger partial charge < -0.3 is 4.42 Å². The zero-order valence-electron chi connectivity index (χ0n) is 6.48. The molecule has 1 aromatic heterocycles. The fourth-order valence-electron chi connectivity index (χ4n) is 0.950. The zero-order chi connectivity index (χ0) is 8.43. The molecule has 0 amide bonds. The van der Waals surface area contributed by atoms with E-state index in [1.54, 1.807) is 13.0 Å². The molecule has 3 heteroatoms. The van der Waals surface area contributed by atoms with Crippen molar-refractivity contribution < 1.29 is 4.42 Å². The summed E-state index contributed by atoms with van der Waals surface area (Å²) in [7, 11) is 0. The van der Waals surface area contributed by atoms with Crippen LogP contribution in [0.15, 0.2) is 15.3 Å². The number of halogens is 1. The van der Waals surface area contributed by atoms with Crippen LogP contribution in [0.5, 0.6) is 0 Å². The highest BCUT2D eigenvalue weighted by Gasteiger charge is 2.04. The average Bonchev–Trinajstić information content (AvgIpc) is 1.85. The van der Waals surface area contributed by atoms with Gasteiger partial charge in [0.25, 0.3) is 0 Å². The summed E-state index contributed by atoms with van der Waals surface area (Å²) in [6.45, 7) is 3.59. The molecule has 11 heavy (non-hydrogen) atoms. The molecular weight excluding hydrogens is 164 g/mol. The van der Waals surface area contributed by atoms with E-state index >= 15 is 0 Å². The number of hydrogen-bond donors (Lipinski definition) is 0. The summed E-state index contributed by atoms with van der Waals surface area (Å²) in [5, 5.41) is 0. The van der Waals surface area contributed by atoms with Crippen LogP contribution in [0.3, 0.4) is 0 Å². The summed E-state index contributed by atoms with van der Waals surface area (Å²) in [5.74, 6) is 0.843. The number of rotatable bonds is 1. The van der Waals surface area contributed by atoms with Crippen LogP contribution in [0.4, 0.5) is 0 Å². The van der Waals surface area contributed by atoms with Gasteiger partial charge in [-0.05, 0) is 25.5 Å². The summed E-state index contributed by atoms with van der Waals surface area (Å²) >= 11 is 5.53. The SMILES string of the molecule is Cc1cc(C)c(CCl)c(=O)o1. The van der Waals surface area contributed by atoms with Crippen molar-refractivity contribution in [3.05, 3.63) is 33.4 Å². The van der Waals surface area contributed by atoms with Crippen LogP contribution in [0, 0.1) is 13.8 Å². The van der Waals surface area contributed by atoms with E-state index in [9.17, 15) is 4.79 Å². The van der Waals surface area contributed by atoms with Gasteiger partial charge in [0.1, 0.15) is 5.76 Å². The second kappa shape index (κ2) is 3.09. The smallest absolute Gasteiger partial charge is 0.340 e. The largest absolute Gasteiger partial charge is 0.428 e.